The third kappa shape index (κ3) is 1.78. The second kappa shape index (κ2) is 4.52. The molecule has 5 heteroatoms. The van der Waals surface area contributed by atoms with Crippen molar-refractivity contribution in [2.45, 2.75) is 25.7 Å². The monoisotopic (exact) mass is 282 g/mol. The van der Waals surface area contributed by atoms with Crippen molar-refractivity contribution >= 4 is 23.1 Å². The summed E-state index contributed by atoms with van der Waals surface area (Å²) in [5.74, 6) is 0.826. The number of hydrogen-bond acceptors (Lipinski definition) is 3. The summed E-state index contributed by atoms with van der Waals surface area (Å²) >= 11 is 5.10. The minimum atomic E-state index is 0.491. The molecule has 2 heterocycles. The van der Waals surface area contributed by atoms with Gasteiger partial charge in [0.15, 0.2) is 5.82 Å². The van der Waals surface area contributed by atoms with Gasteiger partial charge in [0.25, 0.3) is 0 Å². The van der Waals surface area contributed by atoms with Crippen molar-refractivity contribution in [3.63, 3.8) is 0 Å². The quantitative estimate of drug-likeness (QED) is 0.671. The Labute approximate surface area is 121 Å². The van der Waals surface area contributed by atoms with Gasteiger partial charge in [-0.15, -0.1) is 0 Å². The average molecular weight is 282 g/mol. The number of fused-ring (bicyclic) bond motifs is 2. The highest BCUT2D eigenvalue weighted by atomic mass is 32.1. The Kier molecular flexibility index (Phi) is 2.67. The SMILES string of the molecule is S=c1nc(-c2c3c(nc4ccccc24)CCCC3)[nH][nH]1. The Morgan fingerprint density at radius 3 is 2.70 bits per heavy atom. The van der Waals surface area contributed by atoms with Crippen molar-refractivity contribution in [1.82, 2.24) is 20.2 Å². The fraction of sp³-hybridized carbons (Fsp3) is 0.267. The molecule has 20 heavy (non-hydrogen) atoms. The van der Waals surface area contributed by atoms with Gasteiger partial charge in [-0.1, -0.05) is 18.2 Å². The molecule has 1 aliphatic carbocycles. The second-order valence-corrected chi connectivity index (χ2v) is 5.54. The van der Waals surface area contributed by atoms with E-state index in [-0.39, 0.29) is 0 Å². The highest BCUT2D eigenvalue weighted by Gasteiger charge is 2.20. The fourth-order valence-electron chi connectivity index (χ4n) is 3.03. The molecule has 1 aliphatic rings. The number of H-pyrrole nitrogens is 2. The normalized spacial score (nSPS) is 14.4. The summed E-state index contributed by atoms with van der Waals surface area (Å²) in [5, 5.41) is 7.14. The molecular weight excluding hydrogens is 268 g/mol. The topological polar surface area (TPSA) is 57.4 Å². The molecule has 0 saturated heterocycles. The van der Waals surface area contributed by atoms with Crippen LogP contribution in [0.3, 0.4) is 0 Å². The van der Waals surface area contributed by atoms with Gasteiger partial charge >= 0.3 is 0 Å². The average Bonchev–Trinajstić information content (AvgIpc) is 2.91. The van der Waals surface area contributed by atoms with E-state index in [9.17, 15) is 0 Å². The molecule has 0 unspecified atom stereocenters. The van der Waals surface area contributed by atoms with Crippen LogP contribution < -0.4 is 0 Å². The van der Waals surface area contributed by atoms with E-state index >= 15 is 0 Å². The van der Waals surface area contributed by atoms with Gasteiger partial charge in [0.2, 0.25) is 4.77 Å². The molecule has 0 saturated carbocycles. The lowest BCUT2D eigenvalue weighted by atomic mass is 9.89. The number of hydrogen-bond donors (Lipinski definition) is 2. The van der Waals surface area contributed by atoms with Crippen LogP contribution in [0.1, 0.15) is 24.1 Å². The van der Waals surface area contributed by atoms with Crippen LogP contribution in [0.4, 0.5) is 0 Å². The third-order valence-electron chi connectivity index (χ3n) is 3.91. The first-order valence-electron chi connectivity index (χ1n) is 6.88. The first-order chi connectivity index (χ1) is 9.83. The molecule has 0 amide bonds. The molecule has 0 atom stereocenters. The molecule has 0 aliphatic heterocycles. The van der Waals surface area contributed by atoms with Crippen molar-refractivity contribution < 1.29 is 0 Å². The second-order valence-electron chi connectivity index (χ2n) is 5.15. The highest BCUT2D eigenvalue weighted by molar-refractivity contribution is 7.71. The Balaban J connectivity index is 2.12. The van der Waals surface area contributed by atoms with Crippen LogP contribution in [0.2, 0.25) is 0 Å². The summed E-state index contributed by atoms with van der Waals surface area (Å²) in [4.78, 5) is 9.25. The summed E-state index contributed by atoms with van der Waals surface area (Å²) in [6.45, 7) is 0. The number of aryl methyl sites for hydroxylation is 1. The number of rotatable bonds is 1. The van der Waals surface area contributed by atoms with Gasteiger partial charge in [-0.2, -0.15) is 4.98 Å². The number of aromatic nitrogens is 4. The predicted molar refractivity (Wildman–Crippen MR) is 81.2 cm³/mol. The van der Waals surface area contributed by atoms with Crippen molar-refractivity contribution in [3.8, 4) is 11.4 Å². The number of benzene rings is 1. The highest BCUT2D eigenvalue weighted by Crippen LogP contribution is 2.34. The van der Waals surface area contributed by atoms with Crippen LogP contribution in [0.15, 0.2) is 24.3 Å². The van der Waals surface area contributed by atoms with E-state index in [2.05, 4.69) is 27.3 Å². The Bertz CT molecular complexity index is 846. The molecule has 4 rings (SSSR count). The van der Waals surface area contributed by atoms with E-state index in [4.69, 9.17) is 17.2 Å². The van der Waals surface area contributed by atoms with E-state index in [1.807, 2.05) is 12.1 Å². The maximum absolute atomic E-state index is 5.10. The Hall–Kier alpha value is -2.01. The zero-order chi connectivity index (χ0) is 13.5. The van der Waals surface area contributed by atoms with Crippen molar-refractivity contribution in [3.05, 3.63) is 40.3 Å². The zero-order valence-corrected chi connectivity index (χ0v) is 11.8. The maximum Gasteiger partial charge on any atom is 0.213 e. The van der Waals surface area contributed by atoms with Crippen molar-refractivity contribution in [2.24, 2.45) is 0 Å². The van der Waals surface area contributed by atoms with Crippen LogP contribution in [0, 0.1) is 4.77 Å². The number of para-hydroxylation sites is 1. The summed E-state index contributed by atoms with van der Waals surface area (Å²) in [6.07, 6.45) is 4.55. The van der Waals surface area contributed by atoms with Crippen LogP contribution >= 0.6 is 12.2 Å². The van der Waals surface area contributed by atoms with E-state index in [0.29, 0.717) is 4.77 Å². The number of pyridine rings is 1. The first kappa shape index (κ1) is 11.8. The lowest BCUT2D eigenvalue weighted by molar-refractivity contribution is 0.672. The summed E-state index contributed by atoms with van der Waals surface area (Å²) in [7, 11) is 0. The predicted octanol–water partition coefficient (Wildman–Crippen LogP) is 3.56. The molecule has 100 valence electrons. The zero-order valence-electron chi connectivity index (χ0n) is 10.9. The molecule has 0 spiro atoms. The molecule has 0 bridgehead atoms. The first-order valence-corrected chi connectivity index (χ1v) is 7.29. The third-order valence-corrected chi connectivity index (χ3v) is 4.10. The Morgan fingerprint density at radius 2 is 1.85 bits per heavy atom. The summed E-state index contributed by atoms with van der Waals surface area (Å²) < 4.78 is 0.491. The molecular formula is C15H14N4S. The van der Waals surface area contributed by atoms with Crippen LogP contribution in [-0.2, 0) is 12.8 Å². The van der Waals surface area contributed by atoms with Gasteiger partial charge in [0, 0.05) is 16.6 Å². The number of nitrogens with one attached hydrogen (secondary N) is 2. The number of nitrogens with zero attached hydrogens (tertiary/aromatic N) is 2. The standard InChI is InChI=1S/C15H14N4S/c20-15-17-14(18-19-15)13-9-5-1-3-7-11(9)16-12-8-4-2-6-10(12)13/h1,3,5,7H,2,4,6,8H2,(H2,17,18,19,20). The van der Waals surface area contributed by atoms with Gasteiger partial charge in [0.05, 0.1) is 5.52 Å². The minimum Gasteiger partial charge on any atom is -0.282 e. The summed E-state index contributed by atoms with van der Waals surface area (Å²) in [6, 6.07) is 8.25. The smallest absolute Gasteiger partial charge is 0.213 e. The van der Waals surface area contributed by atoms with Gasteiger partial charge < -0.3 is 0 Å². The van der Waals surface area contributed by atoms with E-state index in [0.717, 1.165) is 35.1 Å². The molecule has 4 nitrogen and oxygen atoms in total. The molecule has 2 aromatic heterocycles. The van der Waals surface area contributed by atoms with E-state index in [1.54, 1.807) is 0 Å². The van der Waals surface area contributed by atoms with E-state index < -0.39 is 0 Å². The van der Waals surface area contributed by atoms with E-state index in [1.165, 1.54) is 24.1 Å². The van der Waals surface area contributed by atoms with Crippen molar-refractivity contribution in [2.75, 3.05) is 0 Å². The van der Waals surface area contributed by atoms with Gasteiger partial charge in [-0.05, 0) is 49.5 Å². The fourth-order valence-corrected chi connectivity index (χ4v) is 3.17. The lowest BCUT2D eigenvalue weighted by Crippen LogP contribution is -2.08. The molecule has 3 aromatic rings. The van der Waals surface area contributed by atoms with Crippen molar-refractivity contribution in [1.29, 1.82) is 0 Å². The largest absolute Gasteiger partial charge is 0.282 e. The lowest BCUT2D eigenvalue weighted by Gasteiger charge is -2.19. The number of aromatic amines is 2. The molecule has 1 aromatic carbocycles. The van der Waals surface area contributed by atoms with Gasteiger partial charge in [-0.3, -0.25) is 15.2 Å². The van der Waals surface area contributed by atoms with Crippen LogP contribution in [0.25, 0.3) is 22.3 Å². The molecule has 0 radical (unpaired) electrons. The van der Waals surface area contributed by atoms with Gasteiger partial charge in [0.1, 0.15) is 0 Å². The Morgan fingerprint density at radius 1 is 1.00 bits per heavy atom. The summed E-state index contributed by atoms with van der Waals surface area (Å²) in [5.41, 5.74) is 4.74. The van der Waals surface area contributed by atoms with Crippen LogP contribution in [-0.4, -0.2) is 20.2 Å². The van der Waals surface area contributed by atoms with Crippen LogP contribution in [0.5, 0.6) is 0 Å². The molecule has 0 fully saturated rings. The maximum atomic E-state index is 5.10. The van der Waals surface area contributed by atoms with Gasteiger partial charge in [-0.25, -0.2) is 0 Å². The molecule has 2 N–H and O–H groups in total. The minimum absolute atomic E-state index is 0.491.